The predicted octanol–water partition coefficient (Wildman–Crippen LogP) is 2.02. The highest BCUT2D eigenvalue weighted by Gasteiger charge is 2.24. The SMILES string of the molecule is CCN1CCN(c2cc(Cl)ccc2OC)CC1=O. The lowest BCUT2D eigenvalue weighted by molar-refractivity contribution is -0.130. The molecule has 0 N–H and O–H groups in total. The van der Waals surface area contributed by atoms with Gasteiger partial charge in [0, 0.05) is 24.7 Å². The van der Waals surface area contributed by atoms with Gasteiger partial charge in [-0.3, -0.25) is 4.79 Å². The largest absolute Gasteiger partial charge is 0.495 e. The van der Waals surface area contributed by atoms with Gasteiger partial charge in [0.05, 0.1) is 19.3 Å². The molecule has 1 saturated heterocycles. The van der Waals surface area contributed by atoms with Crippen LogP contribution in [0.5, 0.6) is 5.75 Å². The molecule has 1 aliphatic heterocycles. The molecular weight excluding hydrogens is 252 g/mol. The first-order valence-electron chi connectivity index (χ1n) is 6.02. The first kappa shape index (κ1) is 13.0. The van der Waals surface area contributed by atoms with E-state index in [2.05, 4.69) is 0 Å². The molecule has 5 heteroatoms. The van der Waals surface area contributed by atoms with Crippen LogP contribution in [-0.2, 0) is 4.79 Å². The Morgan fingerprint density at radius 3 is 2.78 bits per heavy atom. The van der Waals surface area contributed by atoms with Crippen molar-refractivity contribution in [3.05, 3.63) is 23.2 Å². The first-order chi connectivity index (χ1) is 8.65. The van der Waals surface area contributed by atoms with Crippen LogP contribution in [-0.4, -0.2) is 44.1 Å². The normalized spacial score (nSPS) is 16.1. The third kappa shape index (κ3) is 2.53. The maximum Gasteiger partial charge on any atom is 0.242 e. The van der Waals surface area contributed by atoms with E-state index in [1.807, 2.05) is 28.9 Å². The number of methoxy groups -OCH3 is 1. The number of hydrogen-bond acceptors (Lipinski definition) is 3. The van der Waals surface area contributed by atoms with Crippen molar-refractivity contribution in [2.24, 2.45) is 0 Å². The summed E-state index contributed by atoms with van der Waals surface area (Å²) < 4.78 is 5.32. The van der Waals surface area contributed by atoms with Crippen molar-refractivity contribution in [3.8, 4) is 5.75 Å². The summed E-state index contributed by atoms with van der Waals surface area (Å²) in [4.78, 5) is 15.8. The lowest BCUT2D eigenvalue weighted by Crippen LogP contribution is -2.50. The molecule has 0 atom stereocenters. The summed E-state index contributed by atoms with van der Waals surface area (Å²) in [5, 5.41) is 0.649. The van der Waals surface area contributed by atoms with Crippen LogP contribution in [0.15, 0.2) is 18.2 Å². The van der Waals surface area contributed by atoms with Crippen molar-refractivity contribution in [2.45, 2.75) is 6.92 Å². The molecule has 0 spiro atoms. The van der Waals surface area contributed by atoms with Gasteiger partial charge in [-0.25, -0.2) is 0 Å². The van der Waals surface area contributed by atoms with E-state index in [-0.39, 0.29) is 5.91 Å². The fourth-order valence-electron chi connectivity index (χ4n) is 2.16. The Morgan fingerprint density at radius 2 is 2.17 bits per heavy atom. The topological polar surface area (TPSA) is 32.8 Å². The first-order valence-corrected chi connectivity index (χ1v) is 6.39. The zero-order valence-electron chi connectivity index (χ0n) is 10.6. The predicted molar refractivity (Wildman–Crippen MR) is 72.5 cm³/mol. The number of hydrogen-bond donors (Lipinski definition) is 0. The Balaban J connectivity index is 2.22. The summed E-state index contributed by atoms with van der Waals surface area (Å²) in [6.07, 6.45) is 0. The number of nitrogens with zero attached hydrogens (tertiary/aromatic N) is 2. The van der Waals surface area contributed by atoms with E-state index in [0.717, 1.165) is 31.1 Å². The van der Waals surface area contributed by atoms with Gasteiger partial charge in [-0.05, 0) is 25.1 Å². The molecular formula is C13H17ClN2O2. The number of carbonyl (C=O) groups excluding carboxylic acids is 1. The Kier molecular flexibility index (Phi) is 3.97. The third-order valence-electron chi connectivity index (χ3n) is 3.18. The number of carbonyl (C=O) groups is 1. The van der Waals surface area contributed by atoms with Gasteiger partial charge in [0.15, 0.2) is 0 Å². The molecule has 0 bridgehead atoms. The van der Waals surface area contributed by atoms with Gasteiger partial charge >= 0.3 is 0 Å². The van der Waals surface area contributed by atoms with E-state index in [9.17, 15) is 4.79 Å². The number of rotatable bonds is 3. The molecule has 1 aromatic carbocycles. The van der Waals surface area contributed by atoms with E-state index in [4.69, 9.17) is 16.3 Å². The maximum atomic E-state index is 11.9. The van der Waals surface area contributed by atoms with E-state index >= 15 is 0 Å². The number of ether oxygens (including phenoxy) is 1. The number of piperazine rings is 1. The summed E-state index contributed by atoms with van der Waals surface area (Å²) in [6.45, 7) is 4.68. The van der Waals surface area contributed by atoms with Crippen LogP contribution in [0, 0.1) is 0 Å². The maximum absolute atomic E-state index is 11.9. The number of amides is 1. The zero-order chi connectivity index (χ0) is 13.1. The zero-order valence-corrected chi connectivity index (χ0v) is 11.4. The van der Waals surface area contributed by atoms with Crippen molar-refractivity contribution in [1.82, 2.24) is 4.90 Å². The highest BCUT2D eigenvalue weighted by atomic mass is 35.5. The van der Waals surface area contributed by atoms with E-state index in [1.54, 1.807) is 13.2 Å². The summed E-state index contributed by atoms with van der Waals surface area (Å²) in [5.74, 6) is 0.892. The second-order valence-electron chi connectivity index (χ2n) is 4.21. The summed E-state index contributed by atoms with van der Waals surface area (Å²) in [5.41, 5.74) is 0.883. The number of likely N-dealkylation sites (N-methyl/N-ethyl adjacent to an activating group) is 1. The Morgan fingerprint density at radius 1 is 1.39 bits per heavy atom. The van der Waals surface area contributed by atoms with Crippen molar-refractivity contribution >= 4 is 23.2 Å². The van der Waals surface area contributed by atoms with Crippen LogP contribution >= 0.6 is 11.6 Å². The summed E-state index contributed by atoms with van der Waals surface area (Å²) in [7, 11) is 1.62. The molecule has 0 aromatic heterocycles. The Hall–Kier alpha value is -1.42. The van der Waals surface area contributed by atoms with E-state index in [1.165, 1.54) is 0 Å². The fourth-order valence-corrected chi connectivity index (χ4v) is 2.33. The fraction of sp³-hybridized carbons (Fsp3) is 0.462. The van der Waals surface area contributed by atoms with Gasteiger partial charge in [0.2, 0.25) is 5.91 Å². The molecule has 1 heterocycles. The van der Waals surface area contributed by atoms with Crippen molar-refractivity contribution in [2.75, 3.05) is 38.2 Å². The quantitative estimate of drug-likeness (QED) is 0.841. The summed E-state index contributed by atoms with van der Waals surface area (Å²) in [6, 6.07) is 5.46. The minimum Gasteiger partial charge on any atom is -0.495 e. The Bertz CT molecular complexity index is 451. The minimum absolute atomic E-state index is 0.144. The van der Waals surface area contributed by atoms with Crippen LogP contribution in [0.1, 0.15) is 6.92 Å². The molecule has 0 aliphatic carbocycles. The smallest absolute Gasteiger partial charge is 0.242 e. The van der Waals surface area contributed by atoms with Gasteiger partial charge in [-0.1, -0.05) is 11.6 Å². The molecule has 18 heavy (non-hydrogen) atoms. The lowest BCUT2D eigenvalue weighted by Gasteiger charge is -2.35. The monoisotopic (exact) mass is 268 g/mol. The average Bonchev–Trinajstić information content (AvgIpc) is 2.38. The molecule has 0 unspecified atom stereocenters. The van der Waals surface area contributed by atoms with Gasteiger partial charge in [0.25, 0.3) is 0 Å². The average molecular weight is 269 g/mol. The molecule has 98 valence electrons. The third-order valence-corrected chi connectivity index (χ3v) is 3.42. The van der Waals surface area contributed by atoms with Crippen LogP contribution < -0.4 is 9.64 Å². The van der Waals surface area contributed by atoms with E-state index in [0.29, 0.717) is 11.6 Å². The molecule has 1 aromatic rings. The summed E-state index contributed by atoms with van der Waals surface area (Å²) >= 11 is 6.01. The van der Waals surface area contributed by atoms with Crippen LogP contribution in [0.4, 0.5) is 5.69 Å². The van der Waals surface area contributed by atoms with Crippen molar-refractivity contribution in [3.63, 3.8) is 0 Å². The minimum atomic E-state index is 0.144. The van der Waals surface area contributed by atoms with Gasteiger partial charge in [0.1, 0.15) is 5.75 Å². The molecule has 2 rings (SSSR count). The van der Waals surface area contributed by atoms with Crippen molar-refractivity contribution < 1.29 is 9.53 Å². The number of halogens is 1. The molecule has 4 nitrogen and oxygen atoms in total. The molecule has 0 saturated carbocycles. The van der Waals surface area contributed by atoms with Gasteiger partial charge in [-0.15, -0.1) is 0 Å². The number of anilines is 1. The lowest BCUT2D eigenvalue weighted by atomic mass is 10.2. The van der Waals surface area contributed by atoms with Crippen LogP contribution in [0.25, 0.3) is 0 Å². The highest BCUT2D eigenvalue weighted by Crippen LogP contribution is 2.31. The highest BCUT2D eigenvalue weighted by molar-refractivity contribution is 6.31. The second kappa shape index (κ2) is 5.48. The van der Waals surface area contributed by atoms with Gasteiger partial charge < -0.3 is 14.5 Å². The van der Waals surface area contributed by atoms with E-state index < -0.39 is 0 Å². The van der Waals surface area contributed by atoms with Crippen LogP contribution in [0.3, 0.4) is 0 Å². The standard InChI is InChI=1S/C13H17ClN2O2/c1-3-15-6-7-16(9-13(15)17)11-8-10(14)4-5-12(11)18-2/h4-5,8H,3,6-7,9H2,1-2H3. The van der Waals surface area contributed by atoms with Crippen molar-refractivity contribution in [1.29, 1.82) is 0 Å². The molecule has 1 fully saturated rings. The van der Waals surface area contributed by atoms with Gasteiger partial charge in [-0.2, -0.15) is 0 Å². The molecule has 0 radical (unpaired) electrons. The Labute approximate surface area is 112 Å². The number of benzene rings is 1. The van der Waals surface area contributed by atoms with Crippen LogP contribution in [0.2, 0.25) is 5.02 Å². The second-order valence-corrected chi connectivity index (χ2v) is 4.65. The molecule has 1 aliphatic rings. The molecule has 1 amide bonds.